The minimum atomic E-state index is -0.556. The monoisotopic (exact) mass is 386 g/mol. The van der Waals surface area contributed by atoms with Crippen LogP contribution in [0.25, 0.3) is 10.9 Å². The Kier molecular flexibility index (Phi) is 5.31. The summed E-state index contributed by atoms with van der Waals surface area (Å²) >= 11 is 0. The number of H-pyrrole nitrogens is 1. The van der Waals surface area contributed by atoms with E-state index in [4.69, 9.17) is 4.74 Å². The molecule has 29 heavy (non-hydrogen) atoms. The Balaban J connectivity index is 1.74. The zero-order valence-electron chi connectivity index (χ0n) is 16.1. The molecular weight excluding hydrogens is 364 g/mol. The molecular formula is C24H22N2O3. The molecule has 1 unspecified atom stereocenters. The smallest absolute Gasteiger partial charge is 0.191 e. The number of aliphatic hydroxyl groups is 1. The van der Waals surface area contributed by atoms with Crippen LogP contribution in [-0.2, 0) is 6.61 Å². The number of hydrogen-bond acceptors (Lipinski definition) is 4. The van der Waals surface area contributed by atoms with E-state index in [-0.39, 0.29) is 12.4 Å². The van der Waals surface area contributed by atoms with E-state index in [9.17, 15) is 9.90 Å². The highest BCUT2D eigenvalue weighted by atomic mass is 16.5. The van der Waals surface area contributed by atoms with Crippen LogP contribution in [-0.4, -0.2) is 23.0 Å². The van der Waals surface area contributed by atoms with Gasteiger partial charge in [-0.05, 0) is 29.3 Å². The van der Waals surface area contributed by atoms with Crippen molar-refractivity contribution in [2.45, 2.75) is 12.6 Å². The summed E-state index contributed by atoms with van der Waals surface area (Å²) in [5, 5.41) is 13.6. The van der Waals surface area contributed by atoms with Gasteiger partial charge < -0.3 is 20.1 Å². The van der Waals surface area contributed by atoms with Gasteiger partial charge in [0.2, 0.25) is 0 Å². The first-order valence-electron chi connectivity index (χ1n) is 9.40. The van der Waals surface area contributed by atoms with Gasteiger partial charge in [0.05, 0.1) is 13.7 Å². The number of hydrogen-bond donors (Lipinski definition) is 3. The molecule has 0 aliphatic carbocycles. The number of carbonyl (C=O) groups excluding carboxylic acids is 1. The number of nitrogens with one attached hydrogen (secondary N) is 2. The lowest BCUT2D eigenvalue weighted by atomic mass is 9.96. The average molecular weight is 386 g/mol. The lowest BCUT2D eigenvalue weighted by Gasteiger charge is -2.19. The molecule has 3 N–H and O–H groups in total. The van der Waals surface area contributed by atoms with Gasteiger partial charge in [-0.15, -0.1) is 0 Å². The summed E-state index contributed by atoms with van der Waals surface area (Å²) < 4.78 is 5.30. The molecule has 0 saturated carbocycles. The molecule has 0 saturated heterocycles. The number of methoxy groups -OCH3 is 1. The van der Waals surface area contributed by atoms with Gasteiger partial charge in [0.1, 0.15) is 11.8 Å². The molecule has 0 fully saturated rings. The highest BCUT2D eigenvalue weighted by molar-refractivity contribution is 6.11. The number of anilines is 1. The van der Waals surface area contributed by atoms with Gasteiger partial charge in [0.25, 0.3) is 0 Å². The number of fused-ring (bicyclic) bond motifs is 1. The second-order valence-electron chi connectivity index (χ2n) is 6.82. The van der Waals surface area contributed by atoms with Gasteiger partial charge in [-0.3, -0.25) is 4.79 Å². The molecule has 146 valence electrons. The van der Waals surface area contributed by atoms with Crippen LogP contribution in [0.1, 0.15) is 27.5 Å². The Bertz CT molecular complexity index is 1140. The third kappa shape index (κ3) is 3.86. The number of ether oxygens (including phenoxy) is 1. The van der Waals surface area contributed by atoms with Gasteiger partial charge >= 0.3 is 0 Å². The maximum atomic E-state index is 13.6. The summed E-state index contributed by atoms with van der Waals surface area (Å²) in [5.41, 5.74) is 3.91. The number of Topliss-reactive ketones (excluding diaryl/α,β-unsaturated/α-hetero) is 1. The zero-order valence-corrected chi connectivity index (χ0v) is 16.1. The van der Waals surface area contributed by atoms with Crippen LogP contribution >= 0.6 is 0 Å². The van der Waals surface area contributed by atoms with Crippen LogP contribution in [0.15, 0.2) is 79.0 Å². The number of benzene rings is 3. The maximum Gasteiger partial charge on any atom is 0.191 e. The van der Waals surface area contributed by atoms with Crippen molar-refractivity contribution >= 4 is 22.4 Å². The number of carbonyl (C=O) groups is 1. The zero-order chi connectivity index (χ0) is 20.2. The van der Waals surface area contributed by atoms with Crippen molar-refractivity contribution in [3.05, 3.63) is 95.7 Å². The first-order valence-corrected chi connectivity index (χ1v) is 9.40. The molecule has 0 aliphatic heterocycles. The number of ketones is 1. The highest BCUT2D eigenvalue weighted by Crippen LogP contribution is 2.29. The molecule has 1 heterocycles. The second kappa shape index (κ2) is 8.20. The first-order chi connectivity index (χ1) is 14.2. The minimum absolute atomic E-state index is 0.0394. The Morgan fingerprint density at radius 2 is 1.90 bits per heavy atom. The second-order valence-corrected chi connectivity index (χ2v) is 6.82. The summed E-state index contributed by atoms with van der Waals surface area (Å²) in [6.45, 7) is -0.0394. The van der Waals surface area contributed by atoms with Gasteiger partial charge in [0.15, 0.2) is 5.78 Å². The lowest BCUT2D eigenvalue weighted by Crippen LogP contribution is -2.21. The van der Waals surface area contributed by atoms with Crippen LogP contribution in [0.3, 0.4) is 0 Å². The summed E-state index contributed by atoms with van der Waals surface area (Å²) in [4.78, 5) is 16.7. The first kappa shape index (κ1) is 18.8. The molecule has 4 aromatic rings. The van der Waals surface area contributed by atoms with E-state index in [1.165, 1.54) is 0 Å². The van der Waals surface area contributed by atoms with E-state index in [1.54, 1.807) is 13.3 Å². The van der Waals surface area contributed by atoms with Crippen molar-refractivity contribution in [3.63, 3.8) is 0 Å². The quantitative estimate of drug-likeness (QED) is 0.402. The van der Waals surface area contributed by atoms with Crippen LogP contribution < -0.4 is 10.1 Å². The molecule has 0 radical (unpaired) electrons. The molecule has 1 atom stereocenters. The number of rotatable bonds is 7. The molecule has 0 bridgehead atoms. The Hall–Kier alpha value is -3.57. The van der Waals surface area contributed by atoms with Crippen molar-refractivity contribution in [1.82, 2.24) is 4.98 Å². The fourth-order valence-electron chi connectivity index (χ4n) is 3.46. The molecule has 3 aromatic carbocycles. The Morgan fingerprint density at radius 3 is 2.66 bits per heavy atom. The van der Waals surface area contributed by atoms with Crippen LogP contribution in [0.2, 0.25) is 0 Å². The largest absolute Gasteiger partial charge is 0.497 e. The summed E-state index contributed by atoms with van der Waals surface area (Å²) in [6.07, 6.45) is 1.73. The molecule has 5 heteroatoms. The predicted molar refractivity (Wildman–Crippen MR) is 114 cm³/mol. The molecule has 4 rings (SSSR count). The molecule has 5 nitrogen and oxygen atoms in total. The number of aliphatic hydroxyl groups excluding tert-OH is 1. The van der Waals surface area contributed by atoms with E-state index in [1.807, 2.05) is 72.8 Å². The predicted octanol–water partition coefficient (Wildman–Crippen LogP) is 4.70. The highest BCUT2D eigenvalue weighted by Gasteiger charge is 2.24. The van der Waals surface area contributed by atoms with Crippen LogP contribution in [0.4, 0.5) is 5.69 Å². The third-order valence-corrected chi connectivity index (χ3v) is 4.97. The van der Waals surface area contributed by atoms with E-state index in [0.717, 1.165) is 33.5 Å². The van der Waals surface area contributed by atoms with Gasteiger partial charge in [-0.25, -0.2) is 0 Å². The number of aromatic nitrogens is 1. The summed E-state index contributed by atoms with van der Waals surface area (Å²) in [5.74, 6) is 0.680. The van der Waals surface area contributed by atoms with Crippen LogP contribution in [0, 0.1) is 0 Å². The van der Waals surface area contributed by atoms with Crippen molar-refractivity contribution in [3.8, 4) is 5.75 Å². The summed E-state index contributed by atoms with van der Waals surface area (Å²) in [7, 11) is 1.62. The van der Waals surface area contributed by atoms with Crippen molar-refractivity contribution < 1.29 is 14.6 Å². The van der Waals surface area contributed by atoms with Crippen molar-refractivity contribution in [2.24, 2.45) is 0 Å². The number of aromatic amines is 1. The van der Waals surface area contributed by atoms with Crippen molar-refractivity contribution in [2.75, 3.05) is 12.4 Å². The fourth-order valence-corrected chi connectivity index (χ4v) is 3.46. The van der Waals surface area contributed by atoms with E-state index in [2.05, 4.69) is 10.3 Å². The van der Waals surface area contributed by atoms with E-state index >= 15 is 0 Å². The molecule has 1 aromatic heterocycles. The normalized spacial score (nSPS) is 11.9. The molecule has 0 amide bonds. The topological polar surface area (TPSA) is 74.3 Å². The fraction of sp³-hybridized carbons (Fsp3) is 0.125. The Labute approximate surface area is 169 Å². The standard InChI is InChI=1S/C24H22N2O3/c1-29-19-9-5-8-18(13-19)26-23(17-6-3-2-4-7-17)24(28)21-14-25-22-12-16(15-27)10-11-20(21)22/h2-14,23,25-27H,15H2,1H3. The average Bonchev–Trinajstić information content (AvgIpc) is 3.21. The lowest BCUT2D eigenvalue weighted by molar-refractivity contribution is 0.0971. The SMILES string of the molecule is COc1cccc(NC(C(=O)c2c[nH]c3cc(CO)ccc23)c2ccccc2)c1. The van der Waals surface area contributed by atoms with E-state index < -0.39 is 6.04 Å². The summed E-state index contributed by atoms with van der Waals surface area (Å²) in [6, 6.07) is 22.2. The van der Waals surface area contributed by atoms with E-state index in [0.29, 0.717) is 5.56 Å². The Morgan fingerprint density at radius 1 is 1.07 bits per heavy atom. The van der Waals surface area contributed by atoms with Crippen molar-refractivity contribution in [1.29, 1.82) is 0 Å². The minimum Gasteiger partial charge on any atom is -0.497 e. The van der Waals surface area contributed by atoms with Gasteiger partial charge in [-0.2, -0.15) is 0 Å². The van der Waals surface area contributed by atoms with Gasteiger partial charge in [-0.1, -0.05) is 48.5 Å². The third-order valence-electron chi connectivity index (χ3n) is 4.97. The van der Waals surface area contributed by atoms with Gasteiger partial charge in [0, 0.05) is 34.4 Å². The van der Waals surface area contributed by atoms with Crippen LogP contribution in [0.5, 0.6) is 5.75 Å². The maximum absolute atomic E-state index is 13.6. The molecule has 0 spiro atoms. The molecule has 0 aliphatic rings.